The number of hydrogen-bond acceptors (Lipinski definition) is 7. The fourth-order valence-corrected chi connectivity index (χ4v) is 9.17. The van der Waals surface area contributed by atoms with Crippen molar-refractivity contribution < 1.29 is 37.3 Å². The van der Waals surface area contributed by atoms with Crippen LogP contribution >= 0.6 is 7.82 Å². The number of carbonyl (C=O) groups excluding carboxylic acids is 1. The Kier molecular flexibility index (Phi) is 51.1. The van der Waals surface area contributed by atoms with Crippen LogP contribution in [0.4, 0.5) is 0 Å². The highest BCUT2D eigenvalue weighted by Gasteiger charge is 2.20. The summed E-state index contributed by atoms with van der Waals surface area (Å²) in [7, 11) is 1.37. The Labute approximate surface area is 423 Å². The Bertz CT molecular complexity index is 1180. The number of hydrogen-bond donors (Lipinski definition) is 0. The van der Waals surface area contributed by atoms with E-state index in [1.165, 1.54) is 212 Å². The van der Waals surface area contributed by atoms with Crippen molar-refractivity contribution in [2.75, 3.05) is 54.1 Å². The van der Waals surface area contributed by atoms with Gasteiger partial charge in [0.2, 0.25) is 0 Å². The molecule has 68 heavy (non-hydrogen) atoms. The van der Waals surface area contributed by atoms with Crippen LogP contribution in [0.3, 0.4) is 0 Å². The summed E-state index contributed by atoms with van der Waals surface area (Å²) in [6.07, 6.45) is 64.7. The molecule has 0 fully saturated rings. The van der Waals surface area contributed by atoms with Crippen molar-refractivity contribution in [1.82, 2.24) is 0 Å². The Morgan fingerprint density at radius 2 is 0.809 bits per heavy atom. The maximum absolute atomic E-state index is 12.8. The molecule has 2 unspecified atom stereocenters. The molecule has 0 saturated carbocycles. The van der Waals surface area contributed by atoms with Gasteiger partial charge in [0.05, 0.1) is 34.4 Å². The second kappa shape index (κ2) is 52.1. The Balaban J connectivity index is 4.05. The molecular weight excluding hydrogens is 866 g/mol. The van der Waals surface area contributed by atoms with Gasteiger partial charge in [0, 0.05) is 13.0 Å². The molecule has 0 aromatic carbocycles. The van der Waals surface area contributed by atoms with E-state index in [-0.39, 0.29) is 25.8 Å². The number of allylic oxidation sites excluding steroid dienone is 6. The molecule has 0 bridgehead atoms. The molecule has 0 aliphatic carbocycles. The third-order valence-corrected chi connectivity index (χ3v) is 13.9. The maximum Gasteiger partial charge on any atom is 0.306 e. The van der Waals surface area contributed by atoms with Crippen molar-refractivity contribution in [1.29, 1.82) is 0 Å². The Morgan fingerprint density at radius 1 is 0.456 bits per heavy atom. The summed E-state index contributed by atoms with van der Waals surface area (Å²) >= 11 is 0. The van der Waals surface area contributed by atoms with Gasteiger partial charge < -0.3 is 27.9 Å². The smallest absolute Gasteiger partial charge is 0.306 e. The molecule has 0 aromatic rings. The van der Waals surface area contributed by atoms with Crippen LogP contribution in [0.5, 0.6) is 0 Å². The quantitative estimate of drug-likeness (QED) is 0.0197. The molecule has 0 rings (SSSR count). The summed E-state index contributed by atoms with van der Waals surface area (Å²) < 4.78 is 34.9. The summed E-state index contributed by atoms with van der Waals surface area (Å²) in [6, 6.07) is 0. The molecule has 2 atom stereocenters. The third-order valence-electron chi connectivity index (χ3n) is 12.9. The second-order valence-electron chi connectivity index (χ2n) is 21.0. The first-order chi connectivity index (χ1) is 33.1. The number of carbonyl (C=O) groups is 1. The van der Waals surface area contributed by atoms with E-state index in [4.69, 9.17) is 18.5 Å². The number of phosphoric acid groups is 1. The average Bonchev–Trinajstić information content (AvgIpc) is 3.30. The molecule has 0 aliphatic heterocycles. The van der Waals surface area contributed by atoms with Gasteiger partial charge in [-0.15, -0.1) is 0 Å². The minimum atomic E-state index is -4.53. The highest BCUT2D eigenvalue weighted by Crippen LogP contribution is 2.38. The number of unbranched alkanes of at least 4 members (excludes halogenated alkanes) is 35. The lowest BCUT2D eigenvalue weighted by Crippen LogP contribution is -2.37. The molecule has 0 N–H and O–H groups in total. The van der Waals surface area contributed by atoms with Crippen LogP contribution < -0.4 is 4.89 Å². The molecule has 0 saturated heterocycles. The standard InChI is InChI=1S/C59H114NO7P/c1-6-8-10-12-14-16-18-20-22-24-26-28-29-30-31-32-33-35-37-39-41-43-45-47-49-51-54-64-56-58(57-66-68(62,63)65-55-53-60(3,4)5)67-59(61)52-50-48-46-44-42-40-38-36-34-27-25-23-21-19-17-15-13-11-9-7-2/h18,20,24,26,29-30,58H,6-17,19,21-23,25,27-28,31-57H2,1-5H3/b20-18-,26-24-,30-29-. The number of ether oxygens (including phenoxy) is 2. The molecule has 0 aromatic heterocycles. The highest BCUT2D eigenvalue weighted by molar-refractivity contribution is 7.45. The van der Waals surface area contributed by atoms with E-state index in [1.807, 2.05) is 21.1 Å². The van der Waals surface area contributed by atoms with Crippen LogP contribution in [0.1, 0.15) is 277 Å². The lowest BCUT2D eigenvalue weighted by atomic mass is 10.0. The Morgan fingerprint density at radius 3 is 1.21 bits per heavy atom. The van der Waals surface area contributed by atoms with Gasteiger partial charge in [-0.25, -0.2) is 0 Å². The zero-order valence-corrected chi connectivity index (χ0v) is 46.7. The second-order valence-corrected chi connectivity index (χ2v) is 22.4. The number of quaternary nitrogens is 1. The predicted molar refractivity (Wildman–Crippen MR) is 291 cm³/mol. The summed E-state index contributed by atoms with van der Waals surface area (Å²) in [4.78, 5) is 25.3. The molecule has 9 heteroatoms. The zero-order chi connectivity index (χ0) is 49.8. The van der Waals surface area contributed by atoms with Crippen molar-refractivity contribution in [3.05, 3.63) is 36.5 Å². The summed E-state index contributed by atoms with van der Waals surface area (Å²) in [6.45, 7) is 5.45. The third kappa shape index (κ3) is 55.6. The van der Waals surface area contributed by atoms with Crippen molar-refractivity contribution in [3.8, 4) is 0 Å². The molecule has 0 heterocycles. The van der Waals surface area contributed by atoms with Gasteiger partial charge in [-0.3, -0.25) is 9.36 Å². The van der Waals surface area contributed by atoms with E-state index in [1.54, 1.807) is 0 Å². The molecular formula is C59H114NO7P. The topological polar surface area (TPSA) is 94.1 Å². The van der Waals surface area contributed by atoms with E-state index < -0.39 is 13.9 Å². The highest BCUT2D eigenvalue weighted by atomic mass is 31.2. The van der Waals surface area contributed by atoms with Crippen molar-refractivity contribution >= 4 is 13.8 Å². The van der Waals surface area contributed by atoms with Crippen molar-refractivity contribution in [2.24, 2.45) is 0 Å². The summed E-state index contributed by atoms with van der Waals surface area (Å²) in [5.41, 5.74) is 0. The number of phosphoric ester groups is 1. The molecule has 0 radical (unpaired) electrons. The SMILES string of the molecule is CCCCCCC/C=C\C/C=C\C/C=C\CCCCCCCCCCCCCOCC(COP(=O)([O-])OCC[N+](C)(C)C)OC(=O)CCCCCCCCCCCCCCCCCCCCCC. The first-order valence-corrected chi connectivity index (χ1v) is 30.7. The van der Waals surface area contributed by atoms with E-state index >= 15 is 0 Å². The first-order valence-electron chi connectivity index (χ1n) is 29.2. The van der Waals surface area contributed by atoms with E-state index in [9.17, 15) is 14.3 Å². The first kappa shape index (κ1) is 66.7. The Hall–Kier alpha value is -1.28. The molecule has 8 nitrogen and oxygen atoms in total. The molecule has 402 valence electrons. The van der Waals surface area contributed by atoms with Gasteiger partial charge >= 0.3 is 5.97 Å². The van der Waals surface area contributed by atoms with Gasteiger partial charge in [0.15, 0.2) is 0 Å². The molecule has 0 amide bonds. The molecule has 0 spiro atoms. The summed E-state index contributed by atoms with van der Waals surface area (Å²) in [5.74, 6) is -0.329. The minimum absolute atomic E-state index is 0.0273. The molecule has 0 aliphatic rings. The average molecular weight is 981 g/mol. The fourth-order valence-electron chi connectivity index (χ4n) is 8.44. The fraction of sp³-hybridized carbons (Fsp3) is 0.881. The van der Waals surface area contributed by atoms with Crippen LogP contribution in [0.25, 0.3) is 0 Å². The monoisotopic (exact) mass is 980 g/mol. The number of nitrogens with zero attached hydrogens (tertiary/aromatic N) is 1. The lowest BCUT2D eigenvalue weighted by Gasteiger charge is -2.28. The summed E-state index contributed by atoms with van der Waals surface area (Å²) in [5, 5.41) is 0. The van der Waals surface area contributed by atoms with Crippen LogP contribution in [0, 0.1) is 0 Å². The van der Waals surface area contributed by atoms with Gasteiger partial charge in [-0.1, -0.05) is 256 Å². The zero-order valence-electron chi connectivity index (χ0n) is 45.8. The number of rotatable bonds is 55. The van der Waals surface area contributed by atoms with E-state index in [2.05, 4.69) is 50.3 Å². The predicted octanol–water partition coefficient (Wildman–Crippen LogP) is 17.8. The van der Waals surface area contributed by atoms with Gasteiger partial charge in [-0.05, 0) is 51.4 Å². The van der Waals surface area contributed by atoms with E-state index in [0.717, 1.165) is 44.9 Å². The number of esters is 1. The van der Waals surface area contributed by atoms with Crippen LogP contribution in [0.2, 0.25) is 0 Å². The van der Waals surface area contributed by atoms with Gasteiger partial charge in [-0.2, -0.15) is 0 Å². The van der Waals surface area contributed by atoms with Crippen LogP contribution in [-0.4, -0.2) is 70.7 Å². The van der Waals surface area contributed by atoms with Crippen molar-refractivity contribution in [2.45, 2.75) is 283 Å². The number of likely N-dealkylation sites (N-methyl/N-ethyl adjacent to an activating group) is 1. The van der Waals surface area contributed by atoms with E-state index in [0.29, 0.717) is 24.1 Å². The normalized spacial score (nSPS) is 13.7. The van der Waals surface area contributed by atoms with Crippen molar-refractivity contribution in [3.63, 3.8) is 0 Å². The largest absolute Gasteiger partial charge is 0.756 e. The maximum atomic E-state index is 12.8. The van der Waals surface area contributed by atoms with Gasteiger partial charge in [0.1, 0.15) is 19.3 Å². The lowest BCUT2D eigenvalue weighted by molar-refractivity contribution is -0.870. The van der Waals surface area contributed by atoms with Crippen LogP contribution in [0.15, 0.2) is 36.5 Å². The minimum Gasteiger partial charge on any atom is -0.756 e. The van der Waals surface area contributed by atoms with Crippen LogP contribution in [-0.2, 0) is 27.9 Å². The van der Waals surface area contributed by atoms with Gasteiger partial charge in [0.25, 0.3) is 7.82 Å².